The van der Waals surface area contributed by atoms with Crippen LogP contribution in [-0.2, 0) is 14.8 Å². The number of hydrogen-bond acceptors (Lipinski definition) is 4. The molecule has 0 unspecified atom stereocenters. The summed E-state index contributed by atoms with van der Waals surface area (Å²) in [6, 6.07) is 5.05. The van der Waals surface area contributed by atoms with Crippen molar-refractivity contribution in [1.82, 2.24) is 4.98 Å². The summed E-state index contributed by atoms with van der Waals surface area (Å²) >= 11 is 0. The largest absolute Gasteiger partial charge is 0.299 e. The molecule has 2 aliphatic rings. The van der Waals surface area contributed by atoms with Gasteiger partial charge in [0.2, 0.25) is 10.0 Å². The van der Waals surface area contributed by atoms with Crippen LogP contribution in [0.2, 0.25) is 0 Å². The SMILES string of the molecule is CC1(C)[C@@H]2CC[C@]1(CS(=O)(=O)Nc1ccccn1)C(=O)C2. The number of fused-ring (bicyclic) bond motifs is 2. The lowest BCUT2D eigenvalue weighted by molar-refractivity contribution is -0.128. The van der Waals surface area contributed by atoms with Gasteiger partial charge in [-0.15, -0.1) is 0 Å². The molecule has 2 bridgehead atoms. The molecule has 0 aliphatic heterocycles. The monoisotopic (exact) mass is 308 g/mol. The molecule has 0 spiro atoms. The molecule has 5 nitrogen and oxygen atoms in total. The van der Waals surface area contributed by atoms with E-state index in [1.165, 1.54) is 6.20 Å². The van der Waals surface area contributed by atoms with Gasteiger partial charge in [0.15, 0.2) is 0 Å². The average Bonchev–Trinajstić information content (AvgIpc) is 2.72. The van der Waals surface area contributed by atoms with Crippen LogP contribution in [0.5, 0.6) is 0 Å². The van der Waals surface area contributed by atoms with Crippen LogP contribution >= 0.6 is 0 Å². The second-order valence-corrected chi connectivity index (χ2v) is 8.47. The minimum atomic E-state index is -3.60. The molecule has 1 aromatic rings. The number of hydrogen-bond donors (Lipinski definition) is 1. The van der Waals surface area contributed by atoms with Gasteiger partial charge >= 0.3 is 0 Å². The van der Waals surface area contributed by atoms with E-state index in [0.717, 1.165) is 6.42 Å². The summed E-state index contributed by atoms with van der Waals surface area (Å²) < 4.78 is 27.4. The Morgan fingerprint density at radius 3 is 2.67 bits per heavy atom. The molecule has 1 aromatic heterocycles. The molecule has 6 heteroatoms. The number of nitrogens with one attached hydrogen (secondary N) is 1. The molecular weight excluding hydrogens is 288 g/mol. The molecule has 114 valence electrons. The van der Waals surface area contributed by atoms with E-state index in [0.29, 0.717) is 24.6 Å². The van der Waals surface area contributed by atoms with E-state index in [-0.39, 0.29) is 17.0 Å². The van der Waals surface area contributed by atoms with Crippen LogP contribution in [0.4, 0.5) is 5.82 Å². The number of nitrogens with zero attached hydrogens (tertiary/aromatic N) is 1. The molecule has 0 saturated heterocycles. The first kappa shape index (κ1) is 14.5. The topological polar surface area (TPSA) is 76.1 Å². The van der Waals surface area contributed by atoms with Crippen molar-refractivity contribution in [2.45, 2.75) is 33.1 Å². The van der Waals surface area contributed by atoms with Crippen molar-refractivity contribution in [2.75, 3.05) is 10.5 Å². The van der Waals surface area contributed by atoms with Gasteiger partial charge < -0.3 is 0 Å². The number of carbonyl (C=O) groups excluding carboxylic acids is 1. The van der Waals surface area contributed by atoms with Gasteiger partial charge in [0, 0.05) is 12.6 Å². The standard InChI is InChI=1S/C15H20N2O3S/c1-14(2)11-6-7-15(14,12(18)9-11)10-21(19,20)17-13-5-3-4-8-16-13/h3-5,8,11H,6-7,9-10H2,1-2H3,(H,16,17)/t11-,15+/m1/s1. The van der Waals surface area contributed by atoms with Gasteiger partial charge in [0.25, 0.3) is 0 Å². The number of Topliss-reactive ketones (excluding diaryl/α,β-unsaturated/α-hetero) is 1. The van der Waals surface area contributed by atoms with E-state index in [9.17, 15) is 13.2 Å². The molecule has 0 amide bonds. The summed E-state index contributed by atoms with van der Waals surface area (Å²) in [5, 5.41) is 0. The van der Waals surface area contributed by atoms with E-state index in [4.69, 9.17) is 0 Å². The Kier molecular flexibility index (Phi) is 3.13. The normalized spacial score (nSPS) is 30.6. The molecular formula is C15H20N2O3S. The molecule has 0 aromatic carbocycles. The van der Waals surface area contributed by atoms with Gasteiger partial charge in [-0.25, -0.2) is 13.4 Å². The Hall–Kier alpha value is -1.43. The maximum atomic E-state index is 12.5. The number of ketones is 1. The highest BCUT2D eigenvalue weighted by Gasteiger charge is 2.65. The van der Waals surface area contributed by atoms with Crippen LogP contribution in [0.15, 0.2) is 24.4 Å². The molecule has 1 N–H and O–H groups in total. The zero-order chi connectivity index (χ0) is 15.3. The quantitative estimate of drug-likeness (QED) is 0.925. The summed E-state index contributed by atoms with van der Waals surface area (Å²) in [6.45, 7) is 4.07. The van der Waals surface area contributed by atoms with E-state index < -0.39 is 15.4 Å². The average molecular weight is 308 g/mol. The number of anilines is 1. The first-order valence-electron chi connectivity index (χ1n) is 7.22. The smallest absolute Gasteiger partial charge is 0.234 e. The molecule has 21 heavy (non-hydrogen) atoms. The van der Waals surface area contributed by atoms with Gasteiger partial charge in [-0.1, -0.05) is 19.9 Å². The van der Waals surface area contributed by atoms with Crippen molar-refractivity contribution in [3.05, 3.63) is 24.4 Å². The first-order valence-corrected chi connectivity index (χ1v) is 8.87. The molecule has 2 aliphatic carbocycles. The molecule has 2 atom stereocenters. The highest BCUT2D eigenvalue weighted by atomic mass is 32.2. The van der Waals surface area contributed by atoms with Crippen LogP contribution in [-0.4, -0.2) is 24.9 Å². The fourth-order valence-corrected chi connectivity index (χ4v) is 5.89. The number of carbonyl (C=O) groups is 1. The Balaban J connectivity index is 1.87. The van der Waals surface area contributed by atoms with E-state index in [1.807, 2.05) is 13.8 Å². The van der Waals surface area contributed by atoms with Crippen LogP contribution in [0, 0.1) is 16.7 Å². The summed E-state index contributed by atoms with van der Waals surface area (Å²) in [6.07, 6.45) is 3.67. The second-order valence-electron chi connectivity index (χ2n) is 6.74. The van der Waals surface area contributed by atoms with Gasteiger partial charge in [0.1, 0.15) is 11.6 Å². The Labute approximate surface area is 125 Å². The molecule has 2 saturated carbocycles. The van der Waals surface area contributed by atoms with Crippen LogP contribution in [0.25, 0.3) is 0 Å². The number of pyridine rings is 1. The van der Waals surface area contributed by atoms with Gasteiger partial charge in [0.05, 0.1) is 11.2 Å². The Morgan fingerprint density at radius 2 is 2.14 bits per heavy atom. The van der Waals surface area contributed by atoms with Crippen molar-refractivity contribution < 1.29 is 13.2 Å². The van der Waals surface area contributed by atoms with Gasteiger partial charge in [-0.2, -0.15) is 0 Å². The fourth-order valence-electron chi connectivity index (χ4n) is 4.05. The lowest BCUT2D eigenvalue weighted by Crippen LogP contribution is -2.43. The predicted molar refractivity (Wildman–Crippen MR) is 80.2 cm³/mol. The number of rotatable bonds is 4. The van der Waals surface area contributed by atoms with Crippen LogP contribution in [0.3, 0.4) is 0 Å². The zero-order valence-corrected chi connectivity index (χ0v) is 13.1. The third-order valence-electron chi connectivity index (χ3n) is 5.50. The minimum Gasteiger partial charge on any atom is -0.299 e. The third kappa shape index (κ3) is 2.16. The van der Waals surface area contributed by atoms with Crippen molar-refractivity contribution >= 4 is 21.6 Å². The van der Waals surface area contributed by atoms with Gasteiger partial charge in [-0.3, -0.25) is 9.52 Å². The zero-order valence-electron chi connectivity index (χ0n) is 12.3. The molecule has 2 fully saturated rings. The lowest BCUT2D eigenvalue weighted by atomic mass is 9.70. The summed E-state index contributed by atoms with van der Waals surface area (Å²) in [7, 11) is -3.60. The minimum absolute atomic E-state index is 0.107. The highest BCUT2D eigenvalue weighted by molar-refractivity contribution is 7.92. The Bertz CT molecular complexity index is 669. The summed E-state index contributed by atoms with van der Waals surface area (Å²) in [4.78, 5) is 16.4. The molecule has 1 heterocycles. The number of aromatic nitrogens is 1. The maximum absolute atomic E-state index is 12.5. The van der Waals surface area contributed by atoms with Crippen molar-refractivity contribution in [3.63, 3.8) is 0 Å². The number of sulfonamides is 1. The van der Waals surface area contributed by atoms with E-state index >= 15 is 0 Å². The molecule has 3 rings (SSSR count). The van der Waals surface area contributed by atoms with Crippen molar-refractivity contribution in [1.29, 1.82) is 0 Å². The van der Waals surface area contributed by atoms with Crippen molar-refractivity contribution in [2.24, 2.45) is 16.7 Å². The predicted octanol–water partition coefficient (Wildman–Crippen LogP) is 2.22. The van der Waals surface area contributed by atoms with E-state index in [2.05, 4.69) is 9.71 Å². The van der Waals surface area contributed by atoms with Crippen LogP contribution < -0.4 is 4.72 Å². The van der Waals surface area contributed by atoms with E-state index in [1.54, 1.807) is 18.2 Å². The van der Waals surface area contributed by atoms with Crippen molar-refractivity contribution in [3.8, 4) is 0 Å². The Morgan fingerprint density at radius 1 is 1.38 bits per heavy atom. The lowest BCUT2D eigenvalue weighted by Gasteiger charge is -2.36. The summed E-state index contributed by atoms with van der Waals surface area (Å²) in [5.74, 6) is 0.579. The first-order chi connectivity index (χ1) is 9.77. The molecule has 0 radical (unpaired) electrons. The fraction of sp³-hybridized carbons (Fsp3) is 0.600. The summed E-state index contributed by atoms with van der Waals surface area (Å²) in [5.41, 5.74) is -0.985. The van der Waals surface area contributed by atoms with Gasteiger partial charge in [-0.05, 0) is 36.3 Å². The van der Waals surface area contributed by atoms with Crippen LogP contribution in [0.1, 0.15) is 33.1 Å². The highest BCUT2D eigenvalue weighted by Crippen LogP contribution is 2.64. The third-order valence-corrected chi connectivity index (χ3v) is 6.89. The maximum Gasteiger partial charge on any atom is 0.234 e. The second kappa shape index (κ2) is 4.53.